The second-order valence-electron chi connectivity index (χ2n) is 11.9. The molecule has 0 fully saturated rings. The maximum Gasteiger partial charge on any atom is 0.328 e. The van der Waals surface area contributed by atoms with Gasteiger partial charge in [0.2, 0.25) is 0 Å². The fraction of sp³-hybridized carbons (Fsp3) is 0.216. The lowest BCUT2D eigenvalue weighted by Crippen LogP contribution is -2.42. The summed E-state index contributed by atoms with van der Waals surface area (Å²) in [6.07, 6.45) is 3.48. The minimum atomic E-state index is -3.44. The zero-order valence-corrected chi connectivity index (χ0v) is 28.8. The molecule has 2 heterocycles. The average Bonchev–Trinajstić information content (AvgIpc) is 3.57. The van der Waals surface area contributed by atoms with Crippen molar-refractivity contribution in [1.29, 1.82) is 0 Å². The topological polar surface area (TPSA) is 123 Å². The van der Waals surface area contributed by atoms with Crippen LogP contribution < -0.4 is 5.32 Å². The Balaban J connectivity index is 1.20. The van der Waals surface area contributed by atoms with Gasteiger partial charge in [-0.3, -0.25) is 9.59 Å². The Morgan fingerprint density at radius 2 is 1.73 bits per heavy atom. The molecule has 0 spiro atoms. The summed E-state index contributed by atoms with van der Waals surface area (Å²) in [6, 6.07) is 23.2. The summed E-state index contributed by atoms with van der Waals surface area (Å²) >= 11 is 13.5. The molecule has 6 rings (SSSR count). The fourth-order valence-electron chi connectivity index (χ4n) is 5.85. The second-order valence-corrected chi connectivity index (χ2v) is 14.7. The van der Waals surface area contributed by atoms with Gasteiger partial charge in [-0.25, -0.2) is 13.2 Å². The van der Waals surface area contributed by atoms with E-state index in [1.165, 1.54) is 6.07 Å². The number of halogens is 2. The molecule has 0 saturated heterocycles. The Hall–Kier alpha value is -4.64. The summed E-state index contributed by atoms with van der Waals surface area (Å²) < 4.78 is 35.2. The molecule has 4 aromatic carbocycles. The third-order valence-electron chi connectivity index (χ3n) is 8.48. The van der Waals surface area contributed by atoms with Gasteiger partial charge in [0, 0.05) is 30.3 Å². The lowest BCUT2D eigenvalue weighted by molar-refractivity contribution is -0.147. The van der Waals surface area contributed by atoms with Crippen LogP contribution in [0.4, 0.5) is 0 Å². The average molecular weight is 720 g/mol. The monoisotopic (exact) mass is 718 g/mol. The van der Waals surface area contributed by atoms with E-state index in [9.17, 15) is 22.8 Å². The molecule has 49 heavy (non-hydrogen) atoms. The highest BCUT2D eigenvalue weighted by Gasteiger charge is 2.30. The number of furan rings is 1. The molecule has 2 amide bonds. The van der Waals surface area contributed by atoms with E-state index in [1.807, 2.05) is 42.5 Å². The number of esters is 1. The number of sulfone groups is 1. The van der Waals surface area contributed by atoms with Gasteiger partial charge in [-0.05, 0) is 77.9 Å². The summed E-state index contributed by atoms with van der Waals surface area (Å²) in [5.41, 5.74) is 3.99. The molecule has 1 aromatic heterocycles. The summed E-state index contributed by atoms with van der Waals surface area (Å²) in [5.74, 6) is -1.49. The van der Waals surface area contributed by atoms with Gasteiger partial charge in [-0.2, -0.15) is 0 Å². The molecule has 1 atom stereocenters. The van der Waals surface area contributed by atoms with Gasteiger partial charge >= 0.3 is 5.97 Å². The van der Waals surface area contributed by atoms with Gasteiger partial charge in [0.1, 0.15) is 18.2 Å². The van der Waals surface area contributed by atoms with Crippen molar-refractivity contribution < 1.29 is 32.0 Å². The van der Waals surface area contributed by atoms with Gasteiger partial charge in [-0.1, -0.05) is 71.7 Å². The van der Waals surface area contributed by atoms with Crippen molar-refractivity contribution in [3.63, 3.8) is 0 Å². The van der Waals surface area contributed by atoms with Gasteiger partial charge in [0.25, 0.3) is 11.8 Å². The van der Waals surface area contributed by atoms with Crippen LogP contribution in [0.5, 0.6) is 0 Å². The number of hydrogen-bond donors (Lipinski definition) is 1. The number of nitrogens with one attached hydrogen (secondary N) is 1. The molecule has 0 aliphatic carbocycles. The smallest absolute Gasteiger partial charge is 0.328 e. The summed E-state index contributed by atoms with van der Waals surface area (Å²) in [6.45, 7) is 0.610. The highest BCUT2D eigenvalue weighted by Crippen LogP contribution is 2.35. The minimum Gasteiger partial charge on any atom is -0.464 e. The number of fused-ring (bicyclic) bond motifs is 2. The number of benzene rings is 4. The van der Waals surface area contributed by atoms with Crippen LogP contribution in [0.2, 0.25) is 10.0 Å². The quantitative estimate of drug-likeness (QED) is 0.157. The van der Waals surface area contributed by atoms with Crippen LogP contribution >= 0.6 is 23.2 Å². The first-order chi connectivity index (χ1) is 23.5. The first-order valence-corrected chi connectivity index (χ1v) is 18.2. The standard InChI is InChI=1S/C37H32Cl2N2O7S/c1-49(45,46)28-9-5-8-23(18-28)10-13-31(37(44)48-22-24-6-3-2-4-7-24)40-35(42)33-30(38)19-27-21-41(16-14-29(27)34(33)39)36(43)26-12-11-25-15-17-47-32(25)20-26/h2-9,11-12,15,17-20,31H,10,13-14,16,21-22H2,1H3,(H,40,42). The van der Waals surface area contributed by atoms with Crippen LogP contribution in [0.15, 0.2) is 101 Å². The number of hydrogen-bond acceptors (Lipinski definition) is 7. The molecule has 1 aliphatic heterocycles. The molecule has 0 bridgehead atoms. The number of amides is 2. The van der Waals surface area contributed by atoms with Crippen molar-refractivity contribution in [2.45, 2.75) is 43.4 Å². The third-order valence-corrected chi connectivity index (χ3v) is 10.3. The molecule has 252 valence electrons. The van der Waals surface area contributed by atoms with Crippen molar-refractivity contribution in [3.05, 3.63) is 135 Å². The predicted octanol–water partition coefficient (Wildman–Crippen LogP) is 6.82. The number of aryl methyl sites for hydroxylation is 1. The summed E-state index contributed by atoms with van der Waals surface area (Å²) in [4.78, 5) is 42.3. The van der Waals surface area contributed by atoms with E-state index in [0.717, 1.165) is 22.8 Å². The Morgan fingerprint density at radius 3 is 2.51 bits per heavy atom. The van der Waals surface area contributed by atoms with E-state index in [-0.39, 0.29) is 52.4 Å². The Bertz CT molecular complexity index is 2170. The molecule has 5 aromatic rings. The molecular weight excluding hydrogens is 687 g/mol. The van der Waals surface area contributed by atoms with E-state index in [4.69, 9.17) is 32.4 Å². The maximum atomic E-state index is 13.8. The predicted molar refractivity (Wildman–Crippen MR) is 186 cm³/mol. The van der Waals surface area contributed by atoms with Crippen molar-refractivity contribution in [3.8, 4) is 0 Å². The third kappa shape index (κ3) is 7.83. The molecule has 0 saturated carbocycles. The van der Waals surface area contributed by atoms with Crippen LogP contribution in [0.25, 0.3) is 11.0 Å². The highest BCUT2D eigenvalue weighted by atomic mass is 35.5. The first-order valence-electron chi connectivity index (χ1n) is 15.5. The van der Waals surface area contributed by atoms with Gasteiger partial charge in [0.15, 0.2) is 9.84 Å². The Labute approximate surface area is 293 Å². The van der Waals surface area contributed by atoms with Crippen LogP contribution in [0.3, 0.4) is 0 Å². The van der Waals surface area contributed by atoms with Crippen molar-refractivity contribution in [1.82, 2.24) is 10.2 Å². The van der Waals surface area contributed by atoms with Crippen molar-refractivity contribution >= 4 is 61.8 Å². The molecule has 0 radical (unpaired) electrons. The second kappa shape index (κ2) is 14.5. The van der Waals surface area contributed by atoms with E-state index in [2.05, 4.69) is 5.32 Å². The van der Waals surface area contributed by atoms with Crippen LogP contribution in [0.1, 0.15) is 49.4 Å². The molecule has 1 N–H and O–H groups in total. The number of carbonyl (C=O) groups is 3. The molecule has 1 unspecified atom stereocenters. The van der Waals surface area contributed by atoms with Crippen LogP contribution in [-0.2, 0) is 45.4 Å². The van der Waals surface area contributed by atoms with Crippen LogP contribution in [-0.4, -0.2) is 49.9 Å². The fourth-order valence-corrected chi connectivity index (χ4v) is 7.31. The highest BCUT2D eigenvalue weighted by molar-refractivity contribution is 7.90. The first kappa shape index (κ1) is 34.2. The Kier molecular flexibility index (Phi) is 10.1. The molecular formula is C37H32Cl2N2O7S. The Morgan fingerprint density at radius 1 is 0.959 bits per heavy atom. The zero-order valence-electron chi connectivity index (χ0n) is 26.4. The van der Waals surface area contributed by atoms with E-state index < -0.39 is 27.8 Å². The number of nitrogens with zero attached hydrogens (tertiary/aromatic N) is 1. The van der Waals surface area contributed by atoms with Crippen LogP contribution in [0, 0.1) is 0 Å². The largest absolute Gasteiger partial charge is 0.464 e. The van der Waals surface area contributed by atoms with Gasteiger partial charge in [0.05, 0.1) is 26.8 Å². The number of carbonyl (C=O) groups excluding carboxylic acids is 3. The van der Waals surface area contributed by atoms with Gasteiger partial charge in [-0.15, -0.1) is 0 Å². The zero-order chi connectivity index (χ0) is 34.7. The number of rotatable bonds is 10. The number of ether oxygens (including phenoxy) is 1. The van der Waals surface area contributed by atoms with E-state index in [1.54, 1.807) is 47.6 Å². The molecule has 12 heteroatoms. The lowest BCUT2D eigenvalue weighted by Gasteiger charge is -2.30. The molecule has 9 nitrogen and oxygen atoms in total. The van der Waals surface area contributed by atoms with Crippen molar-refractivity contribution in [2.24, 2.45) is 0 Å². The van der Waals surface area contributed by atoms with E-state index >= 15 is 0 Å². The normalized spacial score (nSPS) is 13.5. The SMILES string of the molecule is CS(=O)(=O)c1cccc(CCC(NC(=O)c2c(Cl)cc3c(c2Cl)CCN(C(=O)c2ccc4ccoc4c2)C3)C(=O)OCc2ccccc2)c1. The van der Waals surface area contributed by atoms with Gasteiger partial charge < -0.3 is 19.4 Å². The van der Waals surface area contributed by atoms with E-state index in [0.29, 0.717) is 35.2 Å². The van der Waals surface area contributed by atoms with Crippen molar-refractivity contribution in [2.75, 3.05) is 12.8 Å². The molecule has 1 aliphatic rings. The summed E-state index contributed by atoms with van der Waals surface area (Å²) in [5, 5.41) is 3.89. The maximum absolute atomic E-state index is 13.8. The minimum absolute atomic E-state index is 0.000550. The summed E-state index contributed by atoms with van der Waals surface area (Å²) in [7, 11) is -3.44. The lowest BCUT2D eigenvalue weighted by atomic mass is 9.95.